The normalized spacial score (nSPS) is 25.9. The largest absolute Gasteiger partial charge is 0.394 e. The fraction of sp³-hybridized carbons (Fsp3) is 0.440. The van der Waals surface area contributed by atoms with Crippen molar-refractivity contribution in [2.45, 2.75) is 49.1 Å². The van der Waals surface area contributed by atoms with Gasteiger partial charge < -0.3 is 10.0 Å². The summed E-state index contributed by atoms with van der Waals surface area (Å²) >= 11 is 0. The van der Waals surface area contributed by atoms with Gasteiger partial charge in [0.05, 0.1) is 23.6 Å². The van der Waals surface area contributed by atoms with Crippen LogP contribution in [-0.2, 0) is 10.0 Å². The first-order valence-electron chi connectivity index (χ1n) is 11.4. The summed E-state index contributed by atoms with van der Waals surface area (Å²) in [5, 5.41) is 10.2. The van der Waals surface area contributed by atoms with Crippen molar-refractivity contribution in [1.82, 2.24) is 4.31 Å². The summed E-state index contributed by atoms with van der Waals surface area (Å²) in [5.74, 6) is -0.470. The minimum atomic E-state index is -3.80. The van der Waals surface area contributed by atoms with E-state index in [1.165, 1.54) is 42.7 Å². The molecule has 0 unspecified atom stereocenters. The van der Waals surface area contributed by atoms with Gasteiger partial charge in [0.15, 0.2) is 0 Å². The van der Waals surface area contributed by atoms with Crippen molar-refractivity contribution in [2.75, 3.05) is 25.1 Å². The van der Waals surface area contributed by atoms with Gasteiger partial charge in [0.2, 0.25) is 10.0 Å². The number of hydrogen-bond donors (Lipinski definition) is 1. The Balaban J connectivity index is 1.62. The molecule has 5 nitrogen and oxygen atoms in total. The number of aliphatic hydroxyl groups excluding tert-OH is 1. The quantitative estimate of drug-likeness (QED) is 0.743. The number of rotatable bonds is 4. The van der Waals surface area contributed by atoms with E-state index in [9.17, 15) is 17.9 Å². The molecule has 1 aliphatic carbocycles. The van der Waals surface area contributed by atoms with Crippen LogP contribution in [0, 0.1) is 11.7 Å². The third-order valence-electron chi connectivity index (χ3n) is 7.39. The Kier molecular flexibility index (Phi) is 5.60. The van der Waals surface area contributed by atoms with Gasteiger partial charge in [-0.05, 0) is 85.2 Å². The average molecular weight is 457 g/mol. The second-order valence-corrected chi connectivity index (χ2v) is 11.0. The van der Waals surface area contributed by atoms with Gasteiger partial charge in [0.25, 0.3) is 0 Å². The molecule has 0 saturated carbocycles. The Morgan fingerprint density at radius 1 is 1.12 bits per heavy atom. The maximum Gasteiger partial charge on any atom is 0.243 e. The summed E-state index contributed by atoms with van der Waals surface area (Å²) in [4.78, 5) is 2.20. The monoisotopic (exact) mass is 456 g/mol. The molecule has 2 aliphatic heterocycles. The standard InChI is InChI=1S/C25H29FN2O3S/c1-27-23-12-7-18(17-5-3-2-4-6-17)15-22(23)25-21(24(27)16-29)13-14-28(25)32(30,31)20-10-8-19(26)9-11-20/h5,7-12,15,21,24-25,29H,2-4,6,13-14,16H2,1H3/t21-,24+,25-/m0/s1. The third kappa shape index (κ3) is 3.47. The number of aliphatic hydroxyl groups is 1. The van der Waals surface area contributed by atoms with E-state index < -0.39 is 15.8 Å². The Labute approximate surface area is 189 Å². The highest BCUT2D eigenvalue weighted by atomic mass is 32.2. The molecule has 1 saturated heterocycles. The molecule has 3 aliphatic rings. The zero-order chi connectivity index (χ0) is 22.5. The van der Waals surface area contributed by atoms with E-state index in [4.69, 9.17) is 0 Å². The Morgan fingerprint density at radius 3 is 2.59 bits per heavy atom. The molecule has 1 fully saturated rings. The van der Waals surface area contributed by atoms with Crippen LogP contribution in [0.5, 0.6) is 0 Å². The number of likely N-dealkylation sites (N-methyl/N-ethyl adjacent to an activating group) is 1. The number of nitrogens with zero attached hydrogens (tertiary/aromatic N) is 2. The minimum absolute atomic E-state index is 0.0108. The zero-order valence-corrected chi connectivity index (χ0v) is 19.1. The molecule has 3 atom stereocenters. The number of benzene rings is 2. The van der Waals surface area contributed by atoms with Crippen molar-refractivity contribution in [2.24, 2.45) is 5.92 Å². The highest BCUT2D eigenvalue weighted by Gasteiger charge is 2.50. The predicted octanol–water partition coefficient (Wildman–Crippen LogP) is 4.35. The van der Waals surface area contributed by atoms with Gasteiger partial charge >= 0.3 is 0 Å². The fourth-order valence-corrected chi connectivity index (χ4v) is 7.39. The number of halogens is 1. The van der Waals surface area contributed by atoms with Gasteiger partial charge in [-0.1, -0.05) is 12.1 Å². The summed E-state index contributed by atoms with van der Waals surface area (Å²) in [6, 6.07) is 10.9. The molecule has 0 spiro atoms. The molecular weight excluding hydrogens is 427 g/mol. The van der Waals surface area contributed by atoms with Crippen LogP contribution < -0.4 is 4.90 Å². The van der Waals surface area contributed by atoms with Crippen LogP contribution in [0.3, 0.4) is 0 Å². The first kappa shape index (κ1) is 21.6. The molecule has 0 amide bonds. The van der Waals surface area contributed by atoms with Crippen molar-refractivity contribution in [3.63, 3.8) is 0 Å². The van der Waals surface area contributed by atoms with E-state index in [-0.39, 0.29) is 29.5 Å². The predicted molar refractivity (Wildman–Crippen MR) is 123 cm³/mol. The summed E-state index contributed by atoms with van der Waals surface area (Å²) in [6.07, 6.45) is 7.48. The lowest BCUT2D eigenvalue weighted by molar-refractivity contribution is 0.193. The summed E-state index contributed by atoms with van der Waals surface area (Å²) in [6.45, 7) is 0.347. The lowest BCUT2D eigenvalue weighted by Gasteiger charge is -2.44. The number of hydrogen-bond acceptors (Lipinski definition) is 4. The van der Waals surface area contributed by atoms with Crippen molar-refractivity contribution < 1.29 is 17.9 Å². The van der Waals surface area contributed by atoms with Crippen LogP contribution in [0.4, 0.5) is 10.1 Å². The van der Waals surface area contributed by atoms with Crippen LogP contribution in [0.2, 0.25) is 0 Å². The first-order chi connectivity index (χ1) is 15.4. The van der Waals surface area contributed by atoms with Crippen molar-refractivity contribution >= 4 is 21.3 Å². The van der Waals surface area contributed by atoms with Crippen molar-refractivity contribution in [3.05, 3.63) is 65.5 Å². The maximum absolute atomic E-state index is 13.6. The SMILES string of the molecule is CN1c2ccc(C3=CCCCC3)cc2[C@@H]2[C@@H](CCN2S(=O)(=O)c2ccc(F)cc2)[C@H]1CO. The van der Waals surface area contributed by atoms with Crippen LogP contribution in [-0.4, -0.2) is 44.1 Å². The lowest BCUT2D eigenvalue weighted by Crippen LogP contribution is -2.48. The molecule has 170 valence electrons. The molecular formula is C25H29FN2O3S. The molecule has 7 heteroatoms. The van der Waals surface area contributed by atoms with Gasteiger partial charge in [-0.2, -0.15) is 4.31 Å². The van der Waals surface area contributed by atoms with E-state index in [1.54, 1.807) is 4.31 Å². The van der Waals surface area contributed by atoms with Gasteiger partial charge in [0, 0.05) is 25.2 Å². The molecule has 32 heavy (non-hydrogen) atoms. The number of allylic oxidation sites excluding steroid dienone is 2. The van der Waals surface area contributed by atoms with Crippen molar-refractivity contribution in [1.29, 1.82) is 0 Å². The van der Waals surface area contributed by atoms with E-state index in [1.807, 2.05) is 7.05 Å². The highest BCUT2D eigenvalue weighted by molar-refractivity contribution is 7.89. The Bertz CT molecular complexity index is 1150. The summed E-state index contributed by atoms with van der Waals surface area (Å²) < 4.78 is 42.2. The van der Waals surface area contributed by atoms with Gasteiger partial charge in [0.1, 0.15) is 5.82 Å². The van der Waals surface area contributed by atoms with Crippen LogP contribution in [0.1, 0.15) is 49.3 Å². The maximum atomic E-state index is 13.6. The smallest absolute Gasteiger partial charge is 0.243 e. The number of sulfonamides is 1. The van der Waals surface area contributed by atoms with Crippen LogP contribution in [0.15, 0.2) is 53.4 Å². The molecule has 2 aromatic rings. The molecule has 0 bridgehead atoms. The van der Waals surface area contributed by atoms with Crippen LogP contribution in [0.25, 0.3) is 5.57 Å². The molecule has 5 rings (SSSR count). The summed E-state index contributed by atoms with van der Waals surface area (Å²) in [7, 11) is -1.82. The zero-order valence-electron chi connectivity index (χ0n) is 18.2. The summed E-state index contributed by atoms with van der Waals surface area (Å²) in [5.41, 5.74) is 4.44. The lowest BCUT2D eigenvalue weighted by atomic mass is 9.81. The number of fused-ring (bicyclic) bond motifs is 3. The number of anilines is 1. The molecule has 0 radical (unpaired) electrons. The Morgan fingerprint density at radius 2 is 1.91 bits per heavy atom. The topological polar surface area (TPSA) is 60.9 Å². The third-order valence-corrected chi connectivity index (χ3v) is 9.28. The van der Waals surface area contributed by atoms with Gasteiger partial charge in [-0.25, -0.2) is 12.8 Å². The minimum Gasteiger partial charge on any atom is -0.394 e. The second-order valence-electron chi connectivity index (χ2n) is 9.08. The van der Waals surface area contributed by atoms with E-state index in [0.29, 0.717) is 13.0 Å². The van der Waals surface area contributed by atoms with Gasteiger partial charge in [-0.3, -0.25) is 0 Å². The van der Waals surface area contributed by atoms with Gasteiger partial charge in [-0.15, -0.1) is 0 Å². The van der Waals surface area contributed by atoms with E-state index in [2.05, 4.69) is 29.2 Å². The molecule has 0 aromatic heterocycles. The molecule has 2 heterocycles. The Hall–Kier alpha value is -2.22. The first-order valence-corrected chi connectivity index (χ1v) is 12.8. The molecule has 1 N–H and O–H groups in total. The van der Waals surface area contributed by atoms with E-state index in [0.717, 1.165) is 29.7 Å². The highest BCUT2D eigenvalue weighted by Crippen LogP contribution is 2.51. The van der Waals surface area contributed by atoms with E-state index >= 15 is 0 Å². The fourth-order valence-electron chi connectivity index (χ4n) is 5.72. The average Bonchev–Trinajstić information content (AvgIpc) is 3.26. The van der Waals surface area contributed by atoms with Crippen LogP contribution >= 0.6 is 0 Å². The molecule has 2 aromatic carbocycles. The van der Waals surface area contributed by atoms with Crippen molar-refractivity contribution in [3.8, 4) is 0 Å². The second kappa shape index (κ2) is 8.28.